The average Bonchev–Trinajstić information content (AvgIpc) is 3.71. The fourth-order valence-electron chi connectivity index (χ4n) is 5.37. The number of nitrogens with zero attached hydrogens (tertiary/aromatic N) is 5. The van der Waals surface area contributed by atoms with Crippen LogP contribution in [0.2, 0.25) is 0 Å². The fourth-order valence-corrected chi connectivity index (χ4v) is 5.37. The number of benzene rings is 1. The summed E-state index contributed by atoms with van der Waals surface area (Å²) in [5.41, 5.74) is 0.335. The number of carbonyl (C=O) groups is 6. The highest BCUT2D eigenvalue weighted by Gasteiger charge is 2.37. The molecule has 46 heavy (non-hydrogen) atoms. The standard InChI is InChI=1S/C30H38N6O10/c1-3-45-30(44)34-16-14-33(15-17-34)28(41)21(11-12-25(37)38)31-26(39)22-18-24(36(32-22)20-8-5-4-6-9-20)46-19(2)27(40)35-13-7-10-23(35)29(42)43/h4-6,8-9,18-19,21,23H,3,7,10-17H2,1-2H3,(H,31,39)(H,37,38)(H,42,43). The summed E-state index contributed by atoms with van der Waals surface area (Å²) in [5, 5.41) is 25.7. The molecule has 4 rings (SSSR count). The van der Waals surface area contributed by atoms with Gasteiger partial charge >= 0.3 is 18.0 Å². The van der Waals surface area contributed by atoms with Crippen LogP contribution in [0, 0.1) is 0 Å². The molecule has 1 aromatic carbocycles. The van der Waals surface area contributed by atoms with Crippen LogP contribution in [0.25, 0.3) is 5.69 Å². The van der Waals surface area contributed by atoms with Gasteiger partial charge in [-0.05, 0) is 45.2 Å². The lowest BCUT2D eigenvalue weighted by Gasteiger charge is -2.35. The summed E-state index contributed by atoms with van der Waals surface area (Å²) in [5.74, 6) is -4.04. The number of hydrogen-bond acceptors (Lipinski definition) is 9. The minimum atomic E-state index is -1.20. The van der Waals surface area contributed by atoms with Gasteiger partial charge in [0.1, 0.15) is 12.1 Å². The van der Waals surface area contributed by atoms with Crippen LogP contribution in [0.15, 0.2) is 36.4 Å². The van der Waals surface area contributed by atoms with Crippen molar-refractivity contribution < 1.29 is 48.5 Å². The molecule has 2 saturated heterocycles. The molecular formula is C30H38N6O10. The van der Waals surface area contributed by atoms with Crippen molar-refractivity contribution in [3.8, 4) is 11.6 Å². The quantitative estimate of drug-likeness (QED) is 0.298. The molecule has 0 spiro atoms. The zero-order chi connectivity index (χ0) is 33.4. The Morgan fingerprint density at radius 1 is 0.978 bits per heavy atom. The molecule has 2 aromatic rings. The first-order valence-electron chi connectivity index (χ1n) is 15.1. The molecular weight excluding hydrogens is 604 g/mol. The van der Waals surface area contributed by atoms with Crippen LogP contribution in [0.5, 0.6) is 5.88 Å². The van der Waals surface area contributed by atoms with Gasteiger partial charge in [-0.3, -0.25) is 19.2 Å². The molecule has 4 amide bonds. The van der Waals surface area contributed by atoms with Gasteiger partial charge in [0.25, 0.3) is 11.8 Å². The van der Waals surface area contributed by atoms with E-state index in [4.69, 9.17) is 9.47 Å². The Morgan fingerprint density at radius 2 is 1.65 bits per heavy atom. The third-order valence-corrected chi connectivity index (χ3v) is 7.74. The van der Waals surface area contributed by atoms with Crippen LogP contribution in [-0.4, -0.2) is 128 Å². The molecule has 0 aliphatic carbocycles. The summed E-state index contributed by atoms with van der Waals surface area (Å²) in [6, 6.07) is 7.78. The minimum Gasteiger partial charge on any atom is -0.481 e. The normalized spacial score (nSPS) is 17.6. The zero-order valence-electron chi connectivity index (χ0n) is 25.7. The van der Waals surface area contributed by atoms with Gasteiger partial charge in [-0.1, -0.05) is 18.2 Å². The van der Waals surface area contributed by atoms with Gasteiger partial charge < -0.3 is 39.7 Å². The Kier molecular flexibility index (Phi) is 11.2. The van der Waals surface area contributed by atoms with E-state index in [0.717, 1.165) is 0 Å². The second kappa shape index (κ2) is 15.2. The van der Waals surface area contributed by atoms with E-state index in [1.54, 1.807) is 37.3 Å². The van der Waals surface area contributed by atoms with E-state index in [1.807, 2.05) is 0 Å². The van der Waals surface area contributed by atoms with Crippen LogP contribution in [-0.2, 0) is 23.9 Å². The molecule has 1 aromatic heterocycles. The van der Waals surface area contributed by atoms with Gasteiger partial charge in [-0.25, -0.2) is 14.3 Å². The number of aromatic nitrogens is 2. The Balaban J connectivity index is 1.52. The summed E-state index contributed by atoms with van der Waals surface area (Å²) in [7, 11) is 0. The number of hydrogen-bond donors (Lipinski definition) is 3. The van der Waals surface area contributed by atoms with Crippen molar-refractivity contribution in [2.45, 2.75) is 57.7 Å². The first-order chi connectivity index (χ1) is 22.0. The van der Waals surface area contributed by atoms with Crippen LogP contribution in [0.3, 0.4) is 0 Å². The SMILES string of the molecule is CCOC(=O)N1CCN(C(=O)C(CCC(=O)O)NC(=O)c2cc(OC(C)C(=O)N3CCCC3C(=O)O)n(-c3ccccc3)n2)CC1. The van der Waals surface area contributed by atoms with Crippen molar-refractivity contribution in [2.24, 2.45) is 0 Å². The maximum atomic E-state index is 13.5. The molecule has 16 nitrogen and oxygen atoms in total. The van der Waals surface area contributed by atoms with E-state index in [1.165, 1.54) is 32.4 Å². The first kappa shape index (κ1) is 33.7. The molecule has 0 bridgehead atoms. The van der Waals surface area contributed by atoms with Gasteiger partial charge in [-0.15, -0.1) is 0 Å². The van der Waals surface area contributed by atoms with Gasteiger partial charge in [0, 0.05) is 45.2 Å². The number of rotatable bonds is 12. The number of piperazine rings is 1. The molecule has 3 atom stereocenters. The highest BCUT2D eigenvalue weighted by Crippen LogP contribution is 2.24. The van der Waals surface area contributed by atoms with Gasteiger partial charge in [-0.2, -0.15) is 5.10 Å². The molecule has 0 saturated carbocycles. The average molecular weight is 643 g/mol. The first-order valence-corrected chi connectivity index (χ1v) is 15.1. The predicted molar refractivity (Wildman–Crippen MR) is 159 cm³/mol. The smallest absolute Gasteiger partial charge is 0.409 e. The number of carboxylic acid groups (broad SMARTS) is 2. The van der Waals surface area contributed by atoms with E-state index in [9.17, 15) is 39.0 Å². The number of carbonyl (C=O) groups excluding carboxylic acids is 4. The number of carboxylic acids is 2. The Bertz CT molecular complexity index is 1440. The number of para-hydroxylation sites is 1. The molecule has 3 heterocycles. The molecule has 16 heteroatoms. The lowest BCUT2D eigenvalue weighted by atomic mass is 10.1. The van der Waals surface area contributed by atoms with Crippen molar-refractivity contribution in [1.29, 1.82) is 0 Å². The van der Waals surface area contributed by atoms with Gasteiger partial charge in [0.05, 0.1) is 12.3 Å². The number of nitrogens with one attached hydrogen (secondary N) is 1. The van der Waals surface area contributed by atoms with Crippen molar-refractivity contribution >= 4 is 35.8 Å². The number of aliphatic carboxylic acids is 2. The molecule has 0 radical (unpaired) electrons. The van der Waals surface area contributed by atoms with Crippen molar-refractivity contribution in [3.63, 3.8) is 0 Å². The van der Waals surface area contributed by atoms with Crippen molar-refractivity contribution in [2.75, 3.05) is 39.3 Å². The monoisotopic (exact) mass is 642 g/mol. The van der Waals surface area contributed by atoms with Crippen LogP contribution < -0.4 is 10.1 Å². The maximum Gasteiger partial charge on any atom is 0.409 e. The Morgan fingerprint density at radius 3 is 2.28 bits per heavy atom. The Hall–Kier alpha value is -5.15. The summed E-state index contributed by atoms with van der Waals surface area (Å²) < 4.78 is 12.3. The highest BCUT2D eigenvalue weighted by molar-refractivity contribution is 5.96. The van der Waals surface area contributed by atoms with Crippen molar-refractivity contribution in [3.05, 3.63) is 42.1 Å². The zero-order valence-corrected chi connectivity index (χ0v) is 25.7. The highest BCUT2D eigenvalue weighted by atomic mass is 16.6. The van der Waals surface area contributed by atoms with E-state index in [-0.39, 0.29) is 63.7 Å². The Labute approximate surface area is 264 Å². The largest absolute Gasteiger partial charge is 0.481 e. The van der Waals surface area contributed by atoms with Gasteiger partial charge in [0.2, 0.25) is 11.8 Å². The number of amides is 4. The van der Waals surface area contributed by atoms with Crippen molar-refractivity contribution in [1.82, 2.24) is 29.8 Å². The third-order valence-electron chi connectivity index (χ3n) is 7.74. The summed E-state index contributed by atoms with van der Waals surface area (Å²) in [4.78, 5) is 79.3. The molecule has 3 N–H and O–H groups in total. The lowest BCUT2D eigenvalue weighted by Crippen LogP contribution is -2.56. The molecule has 2 fully saturated rings. The van der Waals surface area contributed by atoms with Crippen LogP contribution >= 0.6 is 0 Å². The van der Waals surface area contributed by atoms with E-state index in [0.29, 0.717) is 18.5 Å². The van der Waals surface area contributed by atoms with E-state index >= 15 is 0 Å². The lowest BCUT2D eigenvalue weighted by molar-refractivity contribution is -0.151. The predicted octanol–water partition coefficient (Wildman–Crippen LogP) is 0.979. The van der Waals surface area contributed by atoms with Crippen LogP contribution in [0.1, 0.15) is 50.0 Å². The van der Waals surface area contributed by atoms with E-state index < -0.39 is 53.9 Å². The number of likely N-dealkylation sites (tertiary alicyclic amines) is 1. The number of ether oxygens (including phenoxy) is 2. The maximum absolute atomic E-state index is 13.5. The third kappa shape index (κ3) is 8.11. The fraction of sp³-hybridized carbons (Fsp3) is 0.500. The van der Waals surface area contributed by atoms with Crippen LogP contribution in [0.4, 0.5) is 4.79 Å². The van der Waals surface area contributed by atoms with Gasteiger partial charge in [0.15, 0.2) is 11.8 Å². The topological polar surface area (TPSA) is 201 Å². The minimum absolute atomic E-state index is 0.0202. The molecule has 248 valence electrons. The summed E-state index contributed by atoms with van der Waals surface area (Å²) >= 11 is 0. The molecule has 2 aliphatic heterocycles. The summed E-state index contributed by atoms with van der Waals surface area (Å²) in [6.45, 7) is 4.43. The molecule has 2 aliphatic rings. The van der Waals surface area contributed by atoms with E-state index in [2.05, 4.69) is 10.4 Å². The summed E-state index contributed by atoms with van der Waals surface area (Å²) in [6.07, 6.45) is -1.30. The molecule has 3 unspecified atom stereocenters. The second-order valence-corrected chi connectivity index (χ2v) is 10.9. The second-order valence-electron chi connectivity index (χ2n) is 10.9.